The van der Waals surface area contributed by atoms with Crippen LogP contribution in [0.3, 0.4) is 0 Å². The van der Waals surface area contributed by atoms with Gasteiger partial charge in [0.05, 0.1) is 18.8 Å². The third-order valence-electron chi connectivity index (χ3n) is 3.05. The maximum absolute atomic E-state index is 11.9. The number of pyridine rings is 1. The van der Waals surface area contributed by atoms with Crippen LogP contribution in [0.5, 0.6) is 5.06 Å². The number of aromatic nitrogens is 3. The van der Waals surface area contributed by atoms with Crippen molar-refractivity contribution in [3.8, 4) is 5.06 Å². The monoisotopic (exact) mass is 344 g/mol. The number of hydrogen-bond donors (Lipinski definition) is 1. The Hall–Kier alpha value is -2.71. The summed E-state index contributed by atoms with van der Waals surface area (Å²) in [7, 11) is 1.62. The second kappa shape index (κ2) is 7.71. The smallest absolute Gasteiger partial charge is 0.399 e. The van der Waals surface area contributed by atoms with Crippen molar-refractivity contribution in [3.05, 3.63) is 59.4 Å². The average molecular weight is 344 g/mol. The van der Waals surface area contributed by atoms with Gasteiger partial charge in [0.15, 0.2) is 10.9 Å². The minimum absolute atomic E-state index is 0.421. The predicted molar refractivity (Wildman–Crippen MR) is 90.2 cm³/mol. The van der Waals surface area contributed by atoms with E-state index in [0.717, 1.165) is 11.3 Å². The summed E-state index contributed by atoms with van der Waals surface area (Å²) >= 11 is 1.34. The molecule has 0 bridgehead atoms. The van der Waals surface area contributed by atoms with Crippen molar-refractivity contribution in [1.82, 2.24) is 14.8 Å². The molecular formula is C16H16N4O3S. The van der Waals surface area contributed by atoms with E-state index in [9.17, 15) is 4.79 Å². The van der Waals surface area contributed by atoms with Gasteiger partial charge < -0.3 is 9.47 Å². The molecule has 0 saturated heterocycles. The molecule has 0 fully saturated rings. The highest BCUT2D eigenvalue weighted by atomic mass is 32.1. The van der Waals surface area contributed by atoms with E-state index in [1.54, 1.807) is 36.3 Å². The summed E-state index contributed by atoms with van der Waals surface area (Å²) in [6.07, 6.45) is 2.92. The van der Waals surface area contributed by atoms with Crippen molar-refractivity contribution in [3.63, 3.8) is 0 Å². The maximum Gasteiger partial charge on any atom is 0.419 e. The molecular weight excluding hydrogens is 328 g/mol. The Labute approximate surface area is 142 Å². The van der Waals surface area contributed by atoms with E-state index >= 15 is 0 Å². The van der Waals surface area contributed by atoms with E-state index in [2.05, 4.69) is 15.4 Å². The van der Waals surface area contributed by atoms with Crippen LogP contribution in [0.1, 0.15) is 11.3 Å². The number of anilines is 1. The first-order valence-electron chi connectivity index (χ1n) is 7.21. The first-order valence-corrected chi connectivity index (χ1v) is 8.09. The Kier molecular flexibility index (Phi) is 5.19. The van der Waals surface area contributed by atoms with Gasteiger partial charge in [0.1, 0.15) is 0 Å². The second-order valence-corrected chi connectivity index (χ2v) is 5.81. The van der Waals surface area contributed by atoms with Crippen LogP contribution < -0.4 is 10.1 Å². The van der Waals surface area contributed by atoms with Crippen molar-refractivity contribution in [2.45, 2.75) is 13.2 Å². The molecule has 0 aliphatic carbocycles. The van der Waals surface area contributed by atoms with Crippen LogP contribution in [0.25, 0.3) is 0 Å². The van der Waals surface area contributed by atoms with E-state index in [1.807, 2.05) is 23.6 Å². The topological polar surface area (TPSA) is 78.3 Å². The standard InChI is InChI=1S/C16H16N4O3S/c1-22-10-12-8-15(24-11-12)23-16(21)18-14-5-7-20(19-14)9-13-4-2-3-6-17-13/h2-8,11H,9-10H2,1H3,(H,18,19,21). The first kappa shape index (κ1) is 16.2. The molecule has 0 aliphatic heterocycles. The molecule has 0 saturated carbocycles. The summed E-state index contributed by atoms with van der Waals surface area (Å²) in [4.78, 5) is 16.1. The first-order chi connectivity index (χ1) is 11.7. The quantitative estimate of drug-likeness (QED) is 0.743. The molecule has 0 aromatic carbocycles. The zero-order valence-corrected chi connectivity index (χ0v) is 13.8. The lowest BCUT2D eigenvalue weighted by atomic mass is 10.3. The van der Waals surface area contributed by atoms with Crippen LogP contribution in [0, 0.1) is 0 Å². The van der Waals surface area contributed by atoms with Gasteiger partial charge in [-0.3, -0.25) is 15.0 Å². The third-order valence-corrected chi connectivity index (χ3v) is 3.91. The number of hydrogen-bond acceptors (Lipinski definition) is 6. The minimum atomic E-state index is -0.580. The molecule has 3 heterocycles. The molecule has 1 N–H and O–H groups in total. The number of ether oxygens (including phenoxy) is 2. The van der Waals surface area contributed by atoms with Crippen molar-refractivity contribution in [2.24, 2.45) is 0 Å². The van der Waals surface area contributed by atoms with Crippen molar-refractivity contribution in [1.29, 1.82) is 0 Å². The molecule has 124 valence electrons. The largest absolute Gasteiger partial charge is 0.419 e. The lowest BCUT2D eigenvalue weighted by Crippen LogP contribution is -2.16. The summed E-state index contributed by atoms with van der Waals surface area (Å²) in [6, 6.07) is 9.17. The van der Waals surface area contributed by atoms with Crippen molar-refractivity contribution in [2.75, 3.05) is 12.4 Å². The van der Waals surface area contributed by atoms with Crippen LogP contribution in [0.15, 0.2) is 48.1 Å². The van der Waals surface area contributed by atoms with E-state index in [0.29, 0.717) is 24.0 Å². The van der Waals surface area contributed by atoms with Gasteiger partial charge in [-0.05, 0) is 23.8 Å². The predicted octanol–water partition coefficient (Wildman–Crippen LogP) is 3.15. The highest BCUT2D eigenvalue weighted by Crippen LogP contribution is 2.24. The highest BCUT2D eigenvalue weighted by molar-refractivity contribution is 7.12. The molecule has 24 heavy (non-hydrogen) atoms. The van der Waals surface area contributed by atoms with Crippen LogP contribution in [-0.4, -0.2) is 28.0 Å². The molecule has 1 amide bonds. The third kappa shape index (κ3) is 4.40. The summed E-state index contributed by atoms with van der Waals surface area (Å²) in [5, 5.41) is 9.26. The Morgan fingerprint density at radius 2 is 2.29 bits per heavy atom. The van der Waals surface area contributed by atoms with Crippen molar-refractivity contribution >= 4 is 23.2 Å². The SMILES string of the molecule is COCc1csc(OC(=O)Nc2ccn(Cc3ccccn3)n2)c1. The molecule has 3 rings (SSSR count). The minimum Gasteiger partial charge on any atom is -0.399 e. The number of rotatable bonds is 6. The Balaban J connectivity index is 1.54. The lowest BCUT2D eigenvalue weighted by Gasteiger charge is -2.02. The van der Waals surface area contributed by atoms with Crippen LogP contribution in [0.4, 0.5) is 10.6 Å². The number of methoxy groups -OCH3 is 1. The molecule has 3 aromatic heterocycles. The summed E-state index contributed by atoms with van der Waals surface area (Å²) in [6.45, 7) is 1.02. The second-order valence-electron chi connectivity index (χ2n) is 4.94. The normalized spacial score (nSPS) is 10.5. The van der Waals surface area contributed by atoms with Crippen LogP contribution >= 0.6 is 11.3 Å². The summed E-state index contributed by atoms with van der Waals surface area (Å²) < 4.78 is 11.9. The molecule has 0 spiro atoms. The van der Waals surface area contributed by atoms with Gasteiger partial charge in [0.25, 0.3) is 0 Å². The molecule has 0 aliphatic rings. The van der Waals surface area contributed by atoms with Gasteiger partial charge in [0.2, 0.25) is 0 Å². The maximum atomic E-state index is 11.9. The average Bonchev–Trinajstić information content (AvgIpc) is 3.18. The number of amides is 1. The van der Waals surface area contributed by atoms with Gasteiger partial charge >= 0.3 is 6.09 Å². The van der Waals surface area contributed by atoms with Crippen LogP contribution in [0.2, 0.25) is 0 Å². The van der Waals surface area contributed by atoms with Crippen LogP contribution in [-0.2, 0) is 17.9 Å². The number of nitrogens with one attached hydrogen (secondary N) is 1. The zero-order valence-electron chi connectivity index (χ0n) is 13.0. The van der Waals surface area contributed by atoms with E-state index in [1.165, 1.54) is 11.3 Å². The number of thiophene rings is 1. The zero-order chi connectivity index (χ0) is 16.8. The number of carbonyl (C=O) groups is 1. The Bertz CT molecular complexity index is 801. The molecule has 0 radical (unpaired) electrons. The van der Waals surface area contributed by atoms with Gasteiger partial charge in [0, 0.05) is 30.9 Å². The molecule has 0 unspecified atom stereocenters. The van der Waals surface area contributed by atoms with Gasteiger partial charge in [-0.2, -0.15) is 5.10 Å². The highest BCUT2D eigenvalue weighted by Gasteiger charge is 2.10. The number of carbonyl (C=O) groups excluding carboxylic acids is 1. The van der Waals surface area contributed by atoms with Crippen molar-refractivity contribution < 1.29 is 14.3 Å². The molecule has 8 heteroatoms. The summed E-state index contributed by atoms with van der Waals surface area (Å²) in [5.41, 5.74) is 1.85. The number of nitrogens with zero attached hydrogens (tertiary/aromatic N) is 3. The van der Waals surface area contributed by atoms with Gasteiger partial charge in [-0.25, -0.2) is 4.79 Å². The van der Waals surface area contributed by atoms with Gasteiger partial charge in [-0.15, -0.1) is 11.3 Å². The Morgan fingerprint density at radius 3 is 3.08 bits per heavy atom. The fraction of sp³-hybridized carbons (Fsp3) is 0.188. The fourth-order valence-electron chi connectivity index (χ4n) is 2.04. The Morgan fingerprint density at radius 1 is 1.38 bits per heavy atom. The summed E-state index contributed by atoms with van der Waals surface area (Å²) in [5.74, 6) is 0.421. The van der Waals surface area contributed by atoms with E-state index < -0.39 is 6.09 Å². The molecule has 0 atom stereocenters. The van der Waals surface area contributed by atoms with E-state index in [4.69, 9.17) is 9.47 Å². The lowest BCUT2D eigenvalue weighted by molar-refractivity contribution is 0.185. The fourth-order valence-corrected chi connectivity index (χ4v) is 2.79. The molecule has 3 aromatic rings. The van der Waals surface area contributed by atoms with Gasteiger partial charge in [-0.1, -0.05) is 6.07 Å². The molecule has 7 nitrogen and oxygen atoms in total. The van der Waals surface area contributed by atoms with E-state index in [-0.39, 0.29) is 0 Å².